The number of carboxylic acids is 1. The fourth-order valence-corrected chi connectivity index (χ4v) is 2.73. The molecule has 130 valence electrons. The van der Waals surface area contributed by atoms with Crippen molar-refractivity contribution in [2.75, 3.05) is 0 Å². The number of halogens is 3. The number of carbonyl (C=O) groups is 2. The van der Waals surface area contributed by atoms with Gasteiger partial charge in [-0.2, -0.15) is 13.2 Å². The molecule has 2 atom stereocenters. The summed E-state index contributed by atoms with van der Waals surface area (Å²) >= 11 is 0.579. The number of nitrogens with zero attached hydrogens (tertiary/aromatic N) is 1. The van der Waals surface area contributed by atoms with E-state index in [9.17, 15) is 27.9 Å². The van der Waals surface area contributed by atoms with Gasteiger partial charge in [0.15, 0.2) is 0 Å². The minimum atomic E-state index is -5.13. The number of nitrogens with one attached hydrogen (secondary N) is 1. The molecule has 0 aliphatic heterocycles. The average Bonchev–Trinajstić information content (AvgIpc) is 2.80. The van der Waals surface area contributed by atoms with Crippen LogP contribution in [0.3, 0.4) is 0 Å². The molecule has 2 unspecified atom stereocenters. The van der Waals surface area contributed by atoms with E-state index in [1.54, 1.807) is 0 Å². The van der Waals surface area contributed by atoms with Gasteiger partial charge >= 0.3 is 12.1 Å². The summed E-state index contributed by atoms with van der Waals surface area (Å²) in [6, 6.07) is -1.35. The highest BCUT2D eigenvalue weighted by Crippen LogP contribution is 2.42. The highest BCUT2D eigenvalue weighted by molar-refractivity contribution is 7.09. The Morgan fingerprint density at radius 2 is 1.96 bits per heavy atom. The zero-order chi connectivity index (χ0) is 18.0. The number of carboxylic acid groups (broad SMARTS) is 1. The van der Waals surface area contributed by atoms with Crippen molar-refractivity contribution < 1.29 is 33.0 Å². The second kappa shape index (κ2) is 6.83. The molecule has 0 bridgehead atoms. The Labute approximate surface area is 134 Å². The molecule has 1 aromatic heterocycles. The largest absolute Gasteiger partial charge is 0.480 e. The van der Waals surface area contributed by atoms with Crippen molar-refractivity contribution in [3.63, 3.8) is 0 Å². The van der Waals surface area contributed by atoms with E-state index in [4.69, 9.17) is 5.11 Å². The predicted molar refractivity (Wildman–Crippen MR) is 75.8 cm³/mol. The van der Waals surface area contributed by atoms with Gasteiger partial charge in [0.2, 0.25) is 11.5 Å². The molecule has 1 aromatic rings. The minimum Gasteiger partial charge on any atom is -0.480 e. The Balaban J connectivity index is 3.03. The summed E-state index contributed by atoms with van der Waals surface area (Å²) in [4.78, 5) is 26.5. The van der Waals surface area contributed by atoms with Crippen LogP contribution in [0.5, 0.6) is 0 Å². The molecule has 0 spiro atoms. The van der Waals surface area contributed by atoms with Gasteiger partial charge in [-0.05, 0) is 12.8 Å². The maximum absolute atomic E-state index is 13.2. The molecular weight excluding hydrogens is 337 g/mol. The van der Waals surface area contributed by atoms with E-state index in [-0.39, 0.29) is 5.69 Å². The van der Waals surface area contributed by atoms with Crippen LogP contribution in [0.1, 0.15) is 31.0 Å². The van der Waals surface area contributed by atoms with Crippen molar-refractivity contribution in [3.05, 3.63) is 16.1 Å². The van der Waals surface area contributed by atoms with Gasteiger partial charge in [0.25, 0.3) is 0 Å². The van der Waals surface area contributed by atoms with Crippen LogP contribution in [0.15, 0.2) is 5.38 Å². The van der Waals surface area contributed by atoms with Gasteiger partial charge in [-0.15, -0.1) is 11.3 Å². The van der Waals surface area contributed by atoms with Crippen LogP contribution >= 0.6 is 11.3 Å². The number of aromatic nitrogens is 1. The summed E-state index contributed by atoms with van der Waals surface area (Å²) in [5.74, 6) is -3.12. The average molecular weight is 354 g/mol. The molecule has 3 N–H and O–H groups in total. The smallest absolute Gasteiger partial charge is 0.424 e. The van der Waals surface area contributed by atoms with E-state index in [1.165, 1.54) is 26.2 Å². The van der Waals surface area contributed by atoms with E-state index < -0.39 is 47.0 Å². The normalized spacial score (nSPS) is 16.0. The summed E-state index contributed by atoms with van der Waals surface area (Å²) in [5.41, 5.74) is -3.19. The molecule has 0 aliphatic rings. The number of aliphatic hydroxyl groups is 1. The van der Waals surface area contributed by atoms with Crippen molar-refractivity contribution in [2.24, 2.45) is 5.92 Å². The molecule has 0 saturated heterocycles. The van der Waals surface area contributed by atoms with Gasteiger partial charge in [-0.3, -0.25) is 4.79 Å². The van der Waals surface area contributed by atoms with Crippen LogP contribution in [0, 0.1) is 12.8 Å². The number of amides is 1. The van der Waals surface area contributed by atoms with Crippen molar-refractivity contribution in [2.45, 2.75) is 45.0 Å². The van der Waals surface area contributed by atoms with Gasteiger partial charge in [0.1, 0.15) is 11.0 Å². The lowest BCUT2D eigenvalue weighted by molar-refractivity contribution is -0.267. The molecule has 10 heteroatoms. The third kappa shape index (κ3) is 4.41. The highest BCUT2D eigenvalue weighted by Gasteiger charge is 2.58. The Morgan fingerprint density at radius 3 is 2.30 bits per heavy atom. The molecule has 0 saturated carbocycles. The number of aliphatic carboxylic acids is 1. The topological polar surface area (TPSA) is 99.5 Å². The molecule has 23 heavy (non-hydrogen) atoms. The van der Waals surface area contributed by atoms with E-state index >= 15 is 0 Å². The number of carbonyl (C=O) groups excluding carboxylic acids is 1. The first kappa shape index (κ1) is 19.4. The summed E-state index contributed by atoms with van der Waals surface area (Å²) in [6.07, 6.45) is -6.49. The van der Waals surface area contributed by atoms with Crippen LogP contribution in [0.2, 0.25) is 0 Å². The molecule has 1 amide bonds. The second-order valence-electron chi connectivity index (χ2n) is 5.46. The molecule has 1 rings (SSSR count). The Bertz CT molecular complexity index is 588. The number of aryl methyl sites for hydroxylation is 1. The van der Waals surface area contributed by atoms with Gasteiger partial charge in [-0.1, -0.05) is 13.8 Å². The highest BCUT2D eigenvalue weighted by atomic mass is 32.1. The minimum absolute atomic E-state index is 0.277. The van der Waals surface area contributed by atoms with Crippen molar-refractivity contribution in [3.8, 4) is 0 Å². The summed E-state index contributed by atoms with van der Waals surface area (Å²) in [7, 11) is 0. The van der Waals surface area contributed by atoms with Crippen LogP contribution in [-0.2, 0) is 15.2 Å². The Morgan fingerprint density at radius 1 is 1.39 bits per heavy atom. The lowest BCUT2D eigenvalue weighted by atomic mass is 9.98. The van der Waals surface area contributed by atoms with Gasteiger partial charge in [0.05, 0.1) is 6.42 Å². The number of thiazole rings is 1. The quantitative estimate of drug-likeness (QED) is 0.724. The first-order valence-electron chi connectivity index (χ1n) is 6.62. The number of hydrogen-bond acceptors (Lipinski definition) is 5. The molecule has 0 aliphatic carbocycles. The fourth-order valence-electron chi connectivity index (χ4n) is 1.81. The lowest BCUT2D eigenvalue weighted by Gasteiger charge is -2.28. The fraction of sp³-hybridized carbons (Fsp3) is 0.615. The predicted octanol–water partition coefficient (Wildman–Crippen LogP) is 1.82. The first-order chi connectivity index (χ1) is 10.4. The number of hydrogen-bond donors (Lipinski definition) is 3. The van der Waals surface area contributed by atoms with Gasteiger partial charge < -0.3 is 15.5 Å². The molecule has 6 nitrogen and oxygen atoms in total. The third-order valence-electron chi connectivity index (χ3n) is 3.11. The van der Waals surface area contributed by atoms with Crippen molar-refractivity contribution in [1.29, 1.82) is 0 Å². The summed E-state index contributed by atoms with van der Waals surface area (Å²) in [5, 5.41) is 21.6. The van der Waals surface area contributed by atoms with Crippen LogP contribution in [0.4, 0.5) is 13.2 Å². The Kier molecular flexibility index (Phi) is 5.75. The molecule has 1 heterocycles. The Hall–Kier alpha value is -1.68. The van der Waals surface area contributed by atoms with Crippen LogP contribution in [-0.4, -0.2) is 39.3 Å². The second-order valence-corrected chi connectivity index (χ2v) is 6.31. The standard InChI is InChI=1S/C13H17F3N2O4S/c1-6(2)9(10(20)21)18-8(19)4-12(22,13(14,15)16)11-17-7(3)5-23-11/h5-6,9,22H,4H2,1-3H3,(H,18,19)(H,20,21). The van der Waals surface area contributed by atoms with E-state index in [0.29, 0.717) is 11.3 Å². The third-order valence-corrected chi connectivity index (χ3v) is 4.22. The molecule has 0 fully saturated rings. The maximum atomic E-state index is 13.2. The number of alkyl halides is 3. The number of rotatable bonds is 6. The van der Waals surface area contributed by atoms with Gasteiger partial charge in [0, 0.05) is 11.1 Å². The lowest BCUT2D eigenvalue weighted by Crippen LogP contribution is -2.50. The molecule has 0 aromatic carbocycles. The molecule has 0 radical (unpaired) electrons. The van der Waals surface area contributed by atoms with E-state index in [1.807, 2.05) is 5.32 Å². The maximum Gasteiger partial charge on any atom is 0.424 e. The van der Waals surface area contributed by atoms with Crippen LogP contribution < -0.4 is 5.32 Å². The van der Waals surface area contributed by atoms with Crippen LogP contribution in [0.25, 0.3) is 0 Å². The summed E-state index contributed by atoms with van der Waals surface area (Å²) in [6.45, 7) is 4.45. The molecular formula is C13H17F3N2O4S. The van der Waals surface area contributed by atoms with Crippen molar-refractivity contribution in [1.82, 2.24) is 10.3 Å². The zero-order valence-electron chi connectivity index (χ0n) is 12.6. The monoisotopic (exact) mass is 354 g/mol. The zero-order valence-corrected chi connectivity index (χ0v) is 13.5. The van der Waals surface area contributed by atoms with E-state index in [2.05, 4.69) is 4.98 Å². The van der Waals surface area contributed by atoms with Gasteiger partial charge in [-0.25, -0.2) is 9.78 Å². The van der Waals surface area contributed by atoms with E-state index in [0.717, 1.165) is 0 Å². The first-order valence-corrected chi connectivity index (χ1v) is 7.50. The van der Waals surface area contributed by atoms with Crippen molar-refractivity contribution >= 4 is 23.2 Å². The SMILES string of the molecule is Cc1csc(C(O)(CC(=O)NC(C(=O)O)C(C)C)C(F)(F)F)n1. The summed E-state index contributed by atoms with van der Waals surface area (Å²) < 4.78 is 39.7.